The maximum Gasteiger partial charge on any atom is 0.246 e. The Morgan fingerprint density at radius 3 is 2.35 bits per heavy atom. The Morgan fingerprint density at radius 1 is 1.13 bits per heavy atom. The quantitative estimate of drug-likeness (QED) is 0.768. The van der Waals surface area contributed by atoms with Gasteiger partial charge in [0.05, 0.1) is 4.90 Å². The van der Waals surface area contributed by atoms with Crippen LogP contribution in [0.2, 0.25) is 5.02 Å². The maximum atomic E-state index is 12.1. The standard InChI is InChI=1S/C15H16ClN3O3S/c1-10(18-13-4-2-3-11(16)9-13)15(20)19-12-5-7-14(8-6-12)23(17,21)22/h2-10,18H,1H3,(H,19,20)(H2,17,21,22)/t10-/m1/s1. The van der Waals surface area contributed by atoms with Gasteiger partial charge in [-0.15, -0.1) is 0 Å². The van der Waals surface area contributed by atoms with Crippen molar-refractivity contribution >= 4 is 38.9 Å². The number of hydrogen-bond acceptors (Lipinski definition) is 4. The topological polar surface area (TPSA) is 101 Å². The van der Waals surface area contributed by atoms with Gasteiger partial charge < -0.3 is 10.6 Å². The van der Waals surface area contributed by atoms with Gasteiger partial charge in [0.25, 0.3) is 0 Å². The van der Waals surface area contributed by atoms with Gasteiger partial charge in [-0.2, -0.15) is 0 Å². The molecule has 0 fully saturated rings. The van der Waals surface area contributed by atoms with Crippen LogP contribution < -0.4 is 15.8 Å². The summed E-state index contributed by atoms with van der Waals surface area (Å²) in [6.07, 6.45) is 0. The van der Waals surface area contributed by atoms with Crippen molar-refractivity contribution in [3.63, 3.8) is 0 Å². The molecule has 1 atom stereocenters. The zero-order valence-electron chi connectivity index (χ0n) is 12.3. The van der Waals surface area contributed by atoms with Gasteiger partial charge in [0.2, 0.25) is 15.9 Å². The van der Waals surface area contributed by atoms with Gasteiger partial charge in [-0.25, -0.2) is 13.6 Å². The summed E-state index contributed by atoms with van der Waals surface area (Å²) in [7, 11) is -3.75. The van der Waals surface area contributed by atoms with Gasteiger partial charge >= 0.3 is 0 Å². The number of nitrogens with one attached hydrogen (secondary N) is 2. The van der Waals surface area contributed by atoms with Gasteiger partial charge in [0.1, 0.15) is 6.04 Å². The fraction of sp³-hybridized carbons (Fsp3) is 0.133. The van der Waals surface area contributed by atoms with Crippen LogP contribution in [0.4, 0.5) is 11.4 Å². The summed E-state index contributed by atoms with van der Waals surface area (Å²) in [6.45, 7) is 1.70. The second kappa shape index (κ2) is 6.99. The first-order valence-corrected chi connectivity index (χ1v) is 8.64. The Labute approximate surface area is 139 Å². The average Bonchev–Trinajstić information content (AvgIpc) is 2.46. The van der Waals surface area contributed by atoms with Gasteiger partial charge in [-0.1, -0.05) is 17.7 Å². The molecule has 0 heterocycles. The lowest BCUT2D eigenvalue weighted by Gasteiger charge is -2.15. The predicted octanol–water partition coefficient (Wildman–Crippen LogP) is 2.43. The molecule has 2 aromatic rings. The third kappa shape index (κ3) is 4.95. The fourth-order valence-corrected chi connectivity index (χ4v) is 2.58. The van der Waals surface area contributed by atoms with Gasteiger partial charge in [-0.3, -0.25) is 4.79 Å². The first kappa shape index (κ1) is 17.3. The van der Waals surface area contributed by atoms with Crippen LogP contribution in [-0.2, 0) is 14.8 Å². The van der Waals surface area contributed by atoms with E-state index in [2.05, 4.69) is 10.6 Å². The molecule has 0 unspecified atom stereocenters. The van der Waals surface area contributed by atoms with Crippen LogP contribution in [0.3, 0.4) is 0 Å². The lowest BCUT2D eigenvalue weighted by atomic mass is 10.2. The summed E-state index contributed by atoms with van der Waals surface area (Å²) in [5.74, 6) is -0.270. The zero-order chi connectivity index (χ0) is 17.0. The van der Waals surface area contributed by atoms with Crippen molar-refractivity contribution in [2.75, 3.05) is 10.6 Å². The molecule has 0 aliphatic carbocycles. The number of carbonyl (C=O) groups excluding carboxylic acids is 1. The maximum absolute atomic E-state index is 12.1. The highest BCUT2D eigenvalue weighted by Gasteiger charge is 2.13. The summed E-state index contributed by atoms with van der Waals surface area (Å²) >= 11 is 5.89. The second-order valence-electron chi connectivity index (χ2n) is 4.94. The number of nitrogens with two attached hydrogens (primary N) is 1. The van der Waals surface area contributed by atoms with Crippen molar-refractivity contribution in [1.29, 1.82) is 0 Å². The highest BCUT2D eigenvalue weighted by molar-refractivity contribution is 7.89. The van der Waals surface area contributed by atoms with Crippen molar-refractivity contribution in [3.8, 4) is 0 Å². The van der Waals surface area contributed by atoms with E-state index in [-0.39, 0.29) is 10.8 Å². The summed E-state index contributed by atoms with van der Waals surface area (Å²) in [6, 6.07) is 12.1. The first-order chi connectivity index (χ1) is 10.8. The van der Waals surface area contributed by atoms with Crippen molar-refractivity contribution < 1.29 is 13.2 Å². The molecule has 8 heteroatoms. The number of halogens is 1. The number of rotatable bonds is 5. The van der Waals surface area contributed by atoms with Crippen LogP contribution in [0.25, 0.3) is 0 Å². The van der Waals surface area contributed by atoms with E-state index in [9.17, 15) is 13.2 Å². The third-order valence-electron chi connectivity index (χ3n) is 3.05. The Hall–Kier alpha value is -2.09. The summed E-state index contributed by atoms with van der Waals surface area (Å²) < 4.78 is 22.3. The minimum Gasteiger partial charge on any atom is -0.374 e. The second-order valence-corrected chi connectivity index (χ2v) is 6.93. The van der Waals surface area contributed by atoms with Crippen molar-refractivity contribution in [2.45, 2.75) is 17.9 Å². The van der Waals surface area contributed by atoms with Gasteiger partial charge in [-0.05, 0) is 49.4 Å². The number of sulfonamides is 1. The SMILES string of the molecule is C[C@@H](Nc1cccc(Cl)c1)C(=O)Nc1ccc(S(N)(=O)=O)cc1. The highest BCUT2D eigenvalue weighted by Crippen LogP contribution is 2.17. The summed E-state index contributed by atoms with van der Waals surface area (Å²) in [5, 5.41) is 11.3. The van der Waals surface area contributed by atoms with E-state index in [0.717, 1.165) is 5.69 Å². The fourth-order valence-electron chi connectivity index (χ4n) is 1.87. The number of primary sulfonamides is 1. The Morgan fingerprint density at radius 2 is 1.78 bits per heavy atom. The van der Waals surface area contributed by atoms with E-state index >= 15 is 0 Å². The van der Waals surface area contributed by atoms with Crippen molar-refractivity contribution in [1.82, 2.24) is 0 Å². The number of anilines is 2. The molecule has 0 radical (unpaired) electrons. The molecule has 0 aliphatic heterocycles. The Bertz CT molecular complexity index is 807. The van der Waals surface area contributed by atoms with Crippen molar-refractivity contribution in [3.05, 3.63) is 53.6 Å². The molecule has 6 nitrogen and oxygen atoms in total. The lowest BCUT2D eigenvalue weighted by Crippen LogP contribution is -2.31. The average molecular weight is 354 g/mol. The number of benzene rings is 2. The minimum atomic E-state index is -3.75. The molecule has 4 N–H and O–H groups in total. The van der Waals surface area contributed by atoms with Gasteiger partial charge in [0.15, 0.2) is 0 Å². The number of carbonyl (C=O) groups is 1. The first-order valence-electron chi connectivity index (χ1n) is 6.71. The molecule has 1 amide bonds. The van der Waals surface area contributed by atoms with Crippen LogP contribution in [0, 0.1) is 0 Å². The largest absolute Gasteiger partial charge is 0.374 e. The molecule has 0 bridgehead atoms. The van der Waals surface area contributed by atoms with E-state index in [1.165, 1.54) is 24.3 Å². The Balaban J connectivity index is 2.01. The molecule has 122 valence electrons. The normalized spacial score (nSPS) is 12.5. The number of amides is 1. The summed E-state index contributed by atoms with van der Waals surface area (Å²) in [5.41, 5.74) is 1.20. The molecule has 2 rings (SSSR count). The van der Waals surface area contributed by atoms with E-state index in [1.54, 1.807) is 31.2 Å². The van der Waals surface area contributed by atoms with Crippen LogP contribution in [-0.4, -0.2) is 20.4 Å². The van der Waals surface area contributed by atoms with E-state index in [1.807, 2.05) is 0 Å². The molecule has 0 aliphatic rings. The van der Waals surface area contributed by atoms with Crippen LogP contribution in [0.1, 0.15) is 6.92 Å². The van der Waals surface area contributed by atoms with E-state index < -0.39 is 16.1 Å². The third-order valence-corrected chi connectivity index (χ3v) is 4.22. The van der Waals surface area contributed by atoms with E-state index in [0.29, 0.717) is 10.7 Å². The molecule has 23 heavy (non-hydrogen) atoms. The zero-order valence-corrected chi connectivity index (χ0v) is 13.9. The lowest BCUT2D eigenvalue weighted by molar-refractivity contribution is -0.116. The molecule has 0 aromatic heterocycles. The molecule has 0 saturated heterocycles. The number of hydrogen-bond donors (Lipinski definition) is 3. The predicted molar refractivity (Wildman–Crippen MR) is 91.0 cm³/mol. The highest BCUT2D eigenvalue weighted by atomic mass is 35.5. The van der Waals surface area contributed by atoms with Crippen LogP contribution in [0.15, 0.2) is 53.4 Å². The molecular weight excluding hydrogens is 338 g/mol. The monoisotopic (exact) mass is 353 g/mol. The molecule has 0 saturated carbocycles. The summed E-state index contributed by atoms with van der Waals surface area (Å²) in [4.78, 5) is 12.1. The Kier molecular flexibility index (Phi) is 5.25. The smallest absolute Gasteiger partial charge is 0.246 e. The molecule has 2 aromatic carbocycles. The van der Waals surface area contributed by atoms with Crippen LogP contribution >= 0.6 is 11.6 Å². The molecule has 0 spiro atoms. The van der Waals surface area contributed by atoms with E-state index in [4.69, 9.17) is 16.7 Å². The molecular formula is C15H16ClN3O3S. The van der Waals surface area contributed by atoms with Crippen LogP contribution in [0.5, 0.6) is 0 Å². The van der Waals surface area contributed by atoms with Gasteiger partial charge in [0, 0.05) is 16.4 Å². The minimum absolute atomic E-state index is 0.0133. The van der Waals surface area contributed by atoms with Crippen molar-refractivity contribution in [2.24, 2.45) is 5.14 Å².